The van der Waals surface area contributed by atoms with Crippen molar-refractivity contribution in [1.82, 2.24) is 4.90 Å². The molecule has 0 spiro atoms. The van der Waals surface area contributed by atoms with Gasteiger partial charge < -0.3 is 19.7 Å². The number of halogens is 1. The number of hydrogen-bond acceptors (Lipinski definition) is 5. The zero-order chi connectivity index (χ0) is 20.6. The average Bonchev–Trinajstić information content (AvgIpc) is 2.72. The monoisotopic (exact) mass is 434 g/mol. The summed E-state index contributed by atoms with van der Waals surface area (Å²) in [7, 11) is 0. The molecule has 0 saturated carbocycles. The molecule has 1 heterocycles. The summed E-state index contributed by atoms with van der Waals surface area (Å²) in [6, 6.07) is 12.7. The molecule has 1 aliphatic heterocycles. The fourth-order valence-corrected chi connectivity index (χ4v) is 3.63. The molecule has 2 amide bonds. The molecule has 0 radical (unpaired) electrons. The van der Waals surface area contributed by atoms with E-state index in [4.69, 9.17) is 21.1 Å². The summed E-state index contributed by atoms with van der Waals surface area (Å²) >= 11 is 7.36. The van der Waals surface area contributed by atoms with Crippen molar-refractivity contribution in [2.24, 2.45) is 0 Å². The zero-order valence-corrected chi connectivity index (χ0v) is 17.7. The Morgan fingerprint density at radius 3 is 2.59 bits per heavy atom. The molecule has 1 saturated heterocycles. The van der Waals surface area contributed by atoms with Gasteiger partial charge in [-0.2, -0.15) is 0 Å². The van der Waals surface area contributed by atoms with Gasteiger partial charge in [0.1, 0.15) is 5.75 Å². The number of carbonyl (C=O) groups is 2. The number of benzene rings is 2. The Balaban J connectivity index is 1.54. The lowest BCUT2D eigenvalue weighted by Gasteiger charge is -2.26. The molecule has 0 atom stereocenters. The molecule has 2 aromatic carbocycles. The normalized spacial score (nSPS) is 13.8. The highest BCUT2D eigenvalue weighted by Crippen LogP contribution is 2.32. The van der Waals surface area contributed by atoms with E-state index in [0.717, 1.165) is 5.56 Å². The Labute approximate surface area is 179 Å². The molecular weight excluding hydrogens is 412 g/mol. The largest absolute Gasteiger partial charge is 0.455 e. The van der Waals surface area contributed by atoms with Crippen molar-refractivity contribution in [2.45, 2.75) is 6.92 Å². The molecule has 0 aliphatic carbocycles. The standard InChI is InChI=1S/C21H23ClN2O4S/c1-15-2-5-17(6-3-15)28-19-7-4-16(22)12-18(19)23-20(25)13-29-14-21(26)24-8-10-27-11-9-24/h2-7,12H,8-11,13-14H2,1H3,(H,23,25). The first-order valence-corrected chi connectivity index (χ1v) is 10.8. The number of morpholine rings is 1. The van der Waals surface area contributed by atoms with Gasteiger partial charge in [0.2, 0.25) is 11.8 Å². The van der Waals surface area contributed by atoms with E-state index in [-0.39, 0.29) is 23.3 Å². The molecule has 1 fully saturated rings. The SMILES string of the molecule is Cc1ccc(Oc2ccc(Cl)cc2NC(=O)CSCC(=O)N2CCOCC2)cc1. The van der Waals surface area contributed by atoms with Crippen molar-refractivity contribution in [3.05, 3.63) is 53.1 Å². The fourth-order valence-electron chi connectivity index (χ4n) is 2.74. The predicted molar refractivity (Wildman–Crippen MR) is 116 cm³/mol. The summed E-state index contributed by atoms with van der Waals surface area (Å²) in [6.07, 6.45) is 0. The van der Waals surface area contributed by atoms with Crippen molar-refractivity contribution in [2.75, 3.05) is 43.1 Å². The lowest BCUT2D eigenvalue weighted by Crippen LogP contribution is -2.41. The van der Waals surface area contributed by atoms with Crippen LogP contribution in [-0.4, -0.2) is 54.5 Å². The van der Waals surface area contributed by atoms with Crippen LogP contribution >= 0.6 is 23.4 Å². The molecule has 8 heteroatoms. The van der Waals surface area contributed by atoms with Gasteiger partial charge in [0.25, 0.3) is 0 Å². The Morgan fingerprint density at radius 2 is 1.86 bits per heavy atom. The number of nitrogens with one attached hydrogen (secondary N) is 1. The highest BCUT2D eigenvalue weighted by molar-refractivity contribution is 8.00. The lowest BCUT2D eigenvalue weighted by molar-refractivity contribution is -0.132. The average molecular weight is 435 g/mol. The molecule has 3 rings (SSSR count). The zero-order valence-electron chi connectivity index (χ0n) is 16.2. The van der Waals surface area contributed by atoms with Crippen LogP contribution in [0, 0.1) is 6.92 Å². The van der Waals surface area contributed by atoms with Crippen LogP contribution in [-0.2, 0) is 14.3 Å². The third-order valence-electron chi connectivity index (χ3n) is 4.29. The maximum atomic E-state index is 12.4. The summed E-state index contributed by atoms with van der Waals surface area (Å²) in [5.74, 6) is 1.39. The first kappa shape index (κ1) is 21.5. The second kappa shape index (κ2) is 10.5. The van der Waals surface area contributed by atoms with Gasteiger partial charge in [-0.15, -0.1) is 11.8 Å². The van der Waals surface area contributed by atoms with E-state index in [2.05, 4.69) is 5.32 Å². The minimum Gasteiger partial charge on any atom is -0.455 e. The minimum atomic E-state index is -0.221. The Bertz CT molecular complexity index is 854. The number of rotatable bonds is 7. The van der Waals surface area contributed by atoms with Crippen molar-refractivity contribution in [1.29, 1.82) is 0 Å². The molecule has 1 N–H and O–H groups in total. The van der Waals surface area contributed by atoms with E-state index in [1.807, 2.05) is 31.2 Å². The maximum absolute atomic E-state index is 12.4. The number of nitrogens with zero attached hydrogens (tertiary/aromatic N) is 1. The van der Waals surface area contributed by atoms with Crippen molar-refractivity contribution < 1.29 is 19.1 Å². The van der Waals surface area contributed by atoms with Gasteiger partial charge in [-0.3, -0.25) is 9.59 Å². The smallest absolute Gasteiger partial charge is 0.234 e. The number of amides is 2. The van der Waals surface area contributed by atoms with E-state index in [9.17, 15) is 9.59 Å². The van der Waals surface area contributed by atoms with E-state index in [0.29, 0.717) is 48.5 Å². The Kier molecular flexibility index (Phi) is 7.80. The molecule has 0 bridgehead atoms. The van der Waals surface area contributed by atoms with Crippen LogP contribution in [0.3, 0.4) is 0 Å². The Hall–Kier alpha value is -2.22. The summed E-state index contributed by atoms with van der Waals surface area (Å²) in [5.41, 5.74) is 1.62. The Morgan fingerprint density at radius 1 is 1.14 bits per heavy atom. The highest BCUT2D eigenvalue weighted by atomic mass is 35.5. The molecule has 1 aliphatic rings. The van der Waals surface area contributed by atoms with Crippen LogP contribution in [0.15, 0.2) is 42.5 Å². The van der Waals surface area contributed by atoms with E-state index < -0.39 is 0 Å². The number of aryl methyl sites for hydroxylation is 1. The van der Waals surface area contributed by atoms with Crippen LogP contribution in [0.25, 0.3) is 0 Å². The maximum Gasteiger partial charge on any atom is 0.234 e. The third kappa shape index (κ3) is 6.66. The summed E-state index contributed by atoms with van der Waals surface area (Å²) in [5, 5.41) is 3.31. The second-order valence-electron chi connectivity index (χ2n) is 6.59. The van der Waals surface area contributed by atoms with Crippen molar-refractivity contribution in [3.8, 4) is 11.5 Å². The minimum absolute atomic E-state index is 0.0252. The summed E-state index contributed by atoms with van der Waals surface area (Å²) in [6.45, 7) is 4.34. The number of ether oxygens (including phenoxy) is 2. The first-order chi connectivity index (χ1) is 14.0. The van der Waals surface area contributed by atoms with Gasteiger partial charge in [0, 0.05) is 18.1 Å². The van der Waals surface area contributed by atoms with Gasteiger partial charge in [-0.1, -0.05) is 29.3 Å². The first-order valence-electron chi connectivity index (χ1n) is 9.28. The fraction of sp³-hybridized carbons (Fsp3) is 0.333. The van der Waals surface area contributed by atoms with Gasteiger partial charge in [0.05, 0.1) is 30.4 Å². The molecule has 29 heavy (non-hydrogen) atoms. The van der Waals surface area contributed by atoms with E-state index in [1.165, 1.54) is 11.8 Å². The van der Waals surface area contributed by atoms with Gasteiger partial charge in [0.15, 0.2) is 5.75 Å². The van der Waals surface area contributed by atoms with Gasteiger partial charge >= 0.3 is 0 Å². The van der Waals surface area contributed by atoms with Gasteiger partial charge in [-0.25, -0.2) is 0 Å². The second-order valence-corrected chi connectivity index (χ2v) is 8.01. The molecule has 0 aromatic heterocycles. The predicted octanol–water partition coefficient (Wildman–Crippen LogP) is 3.97. The third-order valence-corrected chi connectivity index (χ3v) is 5.44. The van der Waals surface area contributed by atoms with Crippen molar-refractivity contribution in [3.63, 3.8) is 0 Å². The summed E-state index contributed by atoms with van der Waals surface area (Å²) in [4.78, 5) is 26.3. The molecular formula is C21H23ClN2O4S. The van der Waals surface area contributed by atoms with Gasteiger partial charge in [-0.05, 0) is 37.3 Å². The number of anilines is 1. The van der Waals surface area contributed by atoms with Crippen LogP contribution < -0.4 is 10.1 Å². The lowest BCUT2D eigenvalue weighted by atomic mass is 10.2. The van der Waals surface area contributed by atoms with E-state index >= 15 is 0 Å². The van der Waals surface area contributed by atoms with Crippen LogP contribution in [0.5, 0.6) is 11.5 Å². The quantitative estimate of drug-likeness (QED) is 0.714. The van der Waals surface area contributed by atoms with Crippen LogP contribution in [0.4, 0.5) is 5.69 Å². The molecule has 154 valence electrons. The van der Waals surface area contributed by atoms with E-state index in [1.54, 1.807) is 23.1 Å². The molecule has 2 aromatic rings. The summed E-state index contributed by atoms with van der Waals surface area (Å²) < 4.78 is 11.1. The van der Waals surface area contributed by atoms with Crippen molar-refractivity contribution >= 4 is 40.9 Å². The number of carbonyl (C=O) groups excluding carboxylic acids is 2. The number of thioether (sulfide) groups is 1. The molecule has 0 unspecified atom stereocenters. The molecule has 6 nitrogen and oxygen atoms in total. The van der Waals surface area contributed by atoms with Crippen LogP contribution in [0.1, 0.15) is 5.56 Å². The topological polar surface area (TPSA) is 67.9 Å². The van der Waals surface area contributed by atoms with Crippen LogP contribution in [0.2, 0.25) is 5.02 Å². The highest BCUT2D eigenvalue weighted by Gasteiger charge is 2.17. The number of hydrogen-bond donors (Lipinski definition) is 1.